The van der Waals surface area contributed by atoms with E-state index in [9.17, 15) is 28.1 Å². The van der Waals surface area contributed by atoms with Gasteiger partial charge in [-0.1, -0.05) is 6.07 Å². The van der Waals surface area contributed by atoms with Crippen molar-refractivity contribution in [3.8, 4) is 0 Å². The summed E-state index contributed by atoms with van der Waals surface area (Å²) in [5.74, 6) is -0.118. The largest absolute Gasteiger partial charge is 0.416 e. The number of aromatic nitrogens is 1. The van der Waals surface area contributed by atoms with Crippen LogP contribution in [0.4, 0.5) is 24.5 Å². The monoisotopic (exact) mass is 492 g/mol. The zero-order valence-electron chi connectivity index (χ0n) is 18.6. The molecule has 0 atom stereocenters. The molecule has 1 saturated heterocycles. The zero-order valence-corrected chi connectivity index (χ0v) is 19.4. The molecular weight excluding hydrogens is 469 g/mol. The van der Waals surface area contributed by atoms with Crippen molar-refractivity contribution in [2.75, 3.05) is 31.1 Å². The smallest absolute Gasteiger partial charge is 0.362 e. The van der Waals surface area contributed by atoms with Crippen LogP contribution in [0.25, 0.3) is 0 Å². The standard InChI is InChI=1S/C23H23F3N4O3S/c1-15-12-19(16(2)29(15)14-18-4-3-11-34-18)22(31)28-9-7-27(8-10-28)20-6-5-17(23(24,25)26)13-21(20)30(32)33/h3-6,11-13H,7-10,14H2,1-2H3. The Morgan fingerprint density at radius 3 is 2.41 bits per heavy atom. The second-order valence-corrected chi connectivity index (χ2v) is 9.22. The molecule has 1 amide bonds. The number of aryl methyl sites for hydroxylation is 1. The molecule has 0 radical (unpaired) electrons. The number of rotatable bonds is 5. The summed E-state index contributed by atoms with van der Waals surface area (Å²) in [6.45, 7) is 5.75. The number of alkyl halides is 3. The van der Waals surface area contributed by atoms with Crippen LogP contribution in [-0.2, 0) is 12.7 Å². The fourth-order valence-electron chi connectivity index (χ4n) is 4.25. The average molecular weight is 493 g/mol. The normalized spacial score (nSPS) is 14.5. The first-order valence-electron chi connectivity index (χ1n) is 10.6. The highest BCUT2D eigenvalue weighted by atomic mass is 32.1. The predicted molar refractivity (Wildman–Crippen MR) is 124 cm³/mol. The molecule has 4 rings (SSSR count). The van der Waals surface area contributed by atoms with Crippen molar-refractivity contribution in [1.82, 2.24) is 9.47 Å². The molecule has 7 nitrogen and oxygen atoms in total. The molecule has 0 spiro atoms. The summed E-state index contributed by atoms with van der Waals surface area (Å²) in [6.07, 6.45) is -4.66. The van der Waals surface area contributed by atoms with Gasteiger partial charge in [-0.05, 0) is 43.5 Å². The van der Waals surface area contributed by atoms with E-state index in [2.05, 4.69) is 4.57 Å². The third-order valence-electron chi connectivity index (χ3n) is 6.11. The van der Waals surface area contributed by atoms with Gasteiger partial charge in [-0.15, -0.1) is 11.3 Å². The van der Waals surface area contributed by atoms with Crippen LogP contribution in [-0.4, -0.2) is 46.5 Å². The van der Waals surface area contributed by atoms with Crippen molar-refractivity contribution >= 4 is 28.6 Å². The quantitative estimate of drug-likeness (QED) is 0.367. The Labute approximate surface area is 198 Å². The van der Waals surface area contributed by atoms with E-state index in [4.69, 9.17) is 0 Å². The van der Waals surface area contributed by atoms with E-state index in [0.29, 0.717) is 31.3 Å². The van der Waals surface area contributed by atoms with Crippen LogP contribution >= 0.6 is 11.3 Å². The van der Waals surface area contributed by atoms with E-state index >= 15 is 0 Å². The average Bonchev–Trinajstić information content (AvgIpc) is 3.41. The maximum atomic E-state index is 13.2. The highest BCUT2D eigenvalue weighted by Gasteiger charge is 2.34. The highest BCUT2D eigenvalue weighted by molar-refractivity contribution is 7.09. The number of amides is 1. The fraction of sp³-hybridized carbons (Fsp3) is 0.348. The lowest BCUT2D eigenvalue weighted by Gasteiger charge is -2.36. The molecule has 11 heteroatoms. The predicted octanol–water partition coefficient (Wildman–Crippen LogP) is 5.10. The third kappa shape index (κ3) is 4.65. The van der Waals surface area contributed by atoms with Crippen LogP contribution in [0.2, 0.25) is 0 Å². The summed E-state index contributed by atoms with van der Waals surface area (Å²) in [4.78, 5) is 28.4. The van der Waals surface area contributed by atoms with Crippen molar-refractivity contribution in [3.05, 3.63) is 79.3 Å². The summed E-state index contributed by atoms with van der Waals surface area (Å²) in [5, 5.41) is 13.4. The Morgan fingerprint density at radius 2 is 1.82 bits per heavy atom. The van der Waals surface area contributed by atoms with Gasteiger partial charge in [0.05, 0.1) is 22.6 Å². The van der Waals surface area contributed by atoms with Crippen molar-refractivity contribution < 1.29 is 22.9 Å². The molecule has 0 saturated carbocycles. The number of hydrogen-bond acceptors (Lipinski definition) is 5. The Hall–Kier alpha value is -3.34. The van der Waals surface area contributed by atoms with Gasteiger partial charge in [0.1, 0.15) is 5.69 Å². The molecule has 0 aliphatic carbocycles. The molecule has 0 N–H and O–H groups in total. The third-order valence-corrected chi connectivity index (χ3v) is 6.97. The lowest BCUT2D eigenvalue weighted by molar-refractivity contribution is -0.384. The van der Waals surface area contributed by atoms with E-state index in [1.54, 1.807) is 21.1 Å². The molecule has 1 aliphatic rings. The Morgan fingerprint density at radius 1 is 1.12 bits per heavy atom. The van der Waals surface area contributed by atoms with Gasteiger partial charge in [0.2, 0.25) is 0 Å². The van der Waals surface area contributed by atoms with Gasteiger partial charge >= 0.3 is 6.18 Å². The number of nitro benzene ring substituents is 1. The molecule has 34 heavy (non-hydrogen) atoms. The van der Waals surface area contributed by atoms with Crippen molar-refractivity contribution in [2.24, 2.45) is 0 Å². The van der Waals surface area contributed by atoms with E-state index in [0.717, 1.165) is 23.5 Å². The van der Waals surface area contributed by atoms with Gasteiger partial charge in [-0.3, -0.25) is 14.9 Å². The van der Waals surface area contributed by atoms with E-state index in [1.807, 2.05) is 37.4 Å². The summed E-state index contributed by atoms with van der Waals surface area (Å²) >= 11 is 1.65. The number of anilines is 1. The van der Waals surface area contributed by atoms with Crippen LogP contribution in [0.15, 0.2) is 41.8 Å². The van der Waals surface area contributed by atoms with Crippen molar-refractivity contribution in [1.29, 1.82) is 0 Å². The maximum Gasteiger partial charge on any atom is 0.416 e. The SMILES string of the molecule is Cc1cc(C(=O)N2CCN(c3ccc(C(F)(F)F)cc3[N+](=O)[O-])CC2)c(C)n1Cc1cccs1. The van der Waals surface area contributed by atoms with Gasteiger partial charge in [0.15, 0.2) is 0 Å². The summed E-state index contributed by atoms with van der Waals surface area (Å²) in [5.41, 5.74) is 0.939. The van der Waals surface area contributed by atoms with Crippen LogP contribution in [0.3, 0.4) is 0 Å². The molecule has 3 aromatic rings. The van der Waals surface area contributed by atoms with Crippen LogP contribution in [0, 0.1) is 24.0 Å². The van der Waals surface area contributed by atoms with Crippen LogP contribution in [0.1, 0.15) is 32.2 Å². The number of carbonyl (C=O) groups is 1. The van der Waals surface area contributed by atoms with Gasteiger partial charge in [0, 0.05) is 48.5 Å². The minimum absolute atomic E-state index is 0.118. The summed E-state index contributed by atoms with van der Waals surface area (Å²) in [6, 6.07) is 8.46. The number of nitrogens with zero attached hydrogens (tertiary/aromatic N) is 4. The zero-order chi connectivity index (χ0) is 24.6. The Balaban J connectivity index is 1.48. The number of thiophene rings is 1. The summed E-state index contributed by atoms with van der Waals surface area (Å²) in [7, 11) is 0. The van der Waals surface area contributed by atoms with E-state index < -0.39 is 22.4 Å². The minimum Gasteiger partial charge on any atom is -0.362 e. The minimum atomic E-state index is -4.66. The van der Waals surface area contributed by atoms with Crippen molar-refractivity contribution in [3.63, 3.8) is 0 Å². The molecule has 1 aromatic carbocycles. The second kappa shape index (κ2) is 9.13. The maximum absolute atomic E-state index is 13.2. The number of piperazine rings is 1. The van der Waals surface area contributed by atoms with Crippen LogP contribution < -0.4 is 4.90 Å². The van der Waals surface area contributed by atoms with E-state index in [-0.39, 0.29) is 24.7 Å². The van der Waals surface area contributed by atoms with Crippen LogP contribution in [0.5, 0.6) is 0 Å². The van der Waals surface area contributed by atoms with Gasteiger partial charge in [-0.25, -0.2) is 0 Å². The molecule has 3 heterocycles. The van der Waals surface area contributed by atoms with Crippen molar-refractivity contribution in [2.45, 2.75) is 26.6 Å². The Bertz CT molecular complexity index is 1210. The summed E-state index contributed by atoms with van der Waals surface area (Å²) < 4.78 is 41.1. The van der Waals surface area contributed by atoms with E-state index in [1.165, 1.54) is 4.88 Å². The lowest BCUT2D eigenvalue weighted by atomic mass is 10.1. The fourth-order valence-corrected chi connectivity index (χ4v) is 4.95. The molecule has 0 unspecified atom stereocenters. The number of hydrogen-bond donors (Lipinski definition) is 0. The topological polar surface area (TPSA) is 71.6 Å². The number of nitro groups is 1. The van der Waals surface area contributed by atoms with Gasteiger partial charge in [-0.2, -0.15) is 13.2 Å². The molecular formula is C23H23F3N4O3S. The molecule has 2 aromatic heterocycles. The molecule has 0 bridgehead atoms. The number of carbonyl (C=O) groups excluding carboxylic acids is 1. The molecule has 180 valence electrons. The Kier molecular flexibility index (Phi) is 6.39. The molecule has 1 fully saturated rings. The molecule has 1 aliphatic heterocycles. The van der Waals surface area contributed by atoms with Gasteiger partial charge in [0.25, 0.3) is 11.6 Å². The first-order chi connectivity index (χ1) is 16.1. The lowest BCUT2D eigenvalue weighted by Crippen LogP contribution is -2.49. The number of halogens is 3. The highest BCUT2D eigenvalue weighted by Crippen LogP contribution is 2.37. The first kappa shape index (κ1) is 23.8. The second-order valence-electron chi connectivity index (χ2n) is 8.19. The van der Waals surface area contributed by atoms with Gasteiger partial charge < -0.3 is 14.4 Å². The first-order valence-corrected chi connectivity index (χ1v) is 11.5. The number of benzene rings is 1.